The molecule has 2 aromatic carbocycles. The predicted molar refractivity (Wildman–Crippen MR) is 97.9 cm³/mol. The predicted octanol–water partition coefficient (Wildman–Crippen LogP) is 3.32. The zero-order valence-corrected chi connectivity index (χ0v) is 15.6. The van der Waals surface area contributed by atoms with Crippen molar-refractivity contribution in [2.45, 2.75) is 13.3 Å². The SMILES string of the molecule is CCCOc1ccc(Br)cc1C(=O)NNC(=O)c1ccc(OC)cc1. The van der Waals surface area contributed by atoms with Crippen molar-refractivity contribution in [2.24, 2.45) is 0 Å². The van der Waals surface area contributed by atoms with E-state index in [1.165, 1.54) is 0 Å². The Morgan fingerprint density at radius 1 is 1.04 bits per heavy atom. The van der Waals surface area contributed by atoms with Crippen molar-refractivity contribution >= 4 is 27.7 Å². The molecule has 0 fully saturated rings. The Labute approximate surface area is 154 Å². The number of amides is 2. The molecule has 6 nitrogen and oxygen atoms in total. The molecule has 0 bridgehead atoms. The van der Waals surface area contributed by atoms with Gasteiger partial charge in [-0.3, -0.25) is 20.4 Å². The highest BCUT2D eigenvalue weighted by atomic mass is 79.9. The molecule has 0 atom stereocenters. The molecule has 0 unspecified atom stereocenters. The average Bonchev–Trinajstić information content (AvgIpc) is 2.64. The first-order valence-electron chi connectivity index (χ1n) is 7.72. The molecule has 0 aliphatic heterocycles. The van der Waals surface area contributed by atoms with Gasteiger partial charge in [-0.2, -0.15) is 0 Å². The highest BCUT2D eigenvalue weighted by Crippen LogP contribution is 2.23. The number of rotatable bonds is 6. The van der Waals surface area contributed by atoms with Crippen LogP contribution in [0.2, 0.25) is 0 Å². The summed E-state index contributed by atoms with van der Waals surface area (Å²) in [4.78, 5) is 24.5. The normalized spacial score (nSPS) is 10.0. The number of carbonyl (C=O) groups excluding carboxylic acids is 2. The lowest BCUT2D eigenvalue weighted by Gasteiger charge is -2.12. The first-order valence-corrected chi connectivity index (χ1v) is 8.51. The van der Waals surface area contributed by atoms with Crippen molar-refractivity contribution in [3.8, 4) is 11.5 Å². The molecule has 0 heterocycles. The van der Waals surface area contributed by atoms with Crippen LogP contribution < -0.4 is 20.3 Å². The standard InChI is InChI=1S/C18H19BrN2O4/c1-3-10-25-16-9-6-13(19)11-15(16)18(23)21-20-17(22)12-4-7-14(24-2)8-5-12/h4-9,11H,3,10H2,1-2H3,(H,20,22)(H,21,23). The maximum absolute atomic E-state index is 12.4. The van der Waals surface area contributed by atoms with Crippen molar-refractivity contribution in [3.63, 3.8) is 0 Å². The van der Waals surface area contributed by atoms with E-state index < -0.39 is 11.8 Å². The van der Waals surface area contributed by atoms with Crippen LogP contribution in [-0.2, 0) is 0 Å². The second-order valence-electron chi connectivity index (χ2n) is 5.13. The van der Waals surface area contributed by atoms with Gasteiger partial charge in [0.05, 0.1) is 19.3 Å². The van der Waals surface area contributed by atoms with Crippen molar-refractivity contribution < 1.29 is 19.1 Å². The number of benzene rings is 2. The lowest BCUT2D eigenvalue weighted by molar-refractivity contribution is 0.0844. The molecule has 0 spiro atoms. The molecule has 2 aromatic rings. The molecule has 0 saturated carbocycles. The molecular weight excluding hydrogens is 388 g/mol. The van der Waals surface area contributed by atoms with E-state index in [0.29, 0.717) is 29.2 Å². The van der Waals surface area contributed by atoms with Crippen LogP contribution in [-0.4, -0.2) is 25.5 Å². The van der Waals surface area contributed by atoms with Gasteiger partial charge in [-0.1, -0.05) is 22.9 Å². The lowest BCUT2D eigenvalue weighted by atomic mass is 10.2. The van der Waals surface area contributed by atoms with E-state index >= 15 is 0 Å². The minimum absolute atomic E-state index is 0.331. The Balaban J connectivity index is 2.03. The third-order valence-electron chi connectivity index (χ3n) is 3.29. The highest BCUT2D eigenvalue weighted by molar-refractivity contribution is 9.10. The second-order valence-corrected chi connectivity index (χ2v) is 6.04. The Kier molecular flexibility index (Phi) is 6.82. The monoisotopic (exact) mass is 406 g/mol. The topological polar surface area (TPSA) is 76.7 Å². The first-order chi connectivity index (χ1) is 12.0. The fourth-order valence-corrected chi connectivity index (χ4v) is 2.37. The maximum Gasteiger partial charge on any atom is 0.273 e. The molecule has 2 N–H and O–H groups in total. The van der Waals surface area contributed by atoms with Gasteiger partial charge < -0.3 is 9.47 Å². The fourth-order valence-electron chi connectivity index (χ4n) is 2.01. The number of nitrogens with one attached hydrogen (secondary N) is 2. The Bertz CT molecular complexity index is 747. The van der Waals surface area contributed by atoms with Gasteiger partial charge in [-0.15, -0.1) is 0 Å². The Hall–Kier alpha value is -2.54. The minimum atomic E-state index is -0.464. The number of hydrogen-bond donors (Lipinski definition) is 2. The number of ether oxygens (including phenoxy) is 2. The maximum atomic E-state index is 12.4. The van der Waals surface area contributed by atoms with Crippen molar-refractivity contribution in [2.75, 3.05) is 13.7 Å². The van der Waals surface area contributed by atoms with Crippen LogP contribution >= 0.6 is 15.9 Å². The molecule has 0 aliphatic rings. The summed E-state index contributed by atoms with van der Waals surface area (Å²) in [5.74, 6) is 0.213. The molecule has 2 amide bonds. The quantitative estimate of drug-likeness (QED) is 0.721. The van der Waals surface area contributed by atoms with E-state index in [1.54, 1.807) is 49.6 Å². The van der Waals surface area contributed by atoms with Crippen LogP contribution in [0.25, 0.3) is 0 Å². The van der Waals surface area contributed by atoms with E-state index in [9.17, 15) is 9.59 Å². The zero-order valence-electron chi connectivity index (χ0n) is 14.0. The van der Waals surface area contributed by atoms with Crippen LogP contribution in [0.15, 0.2) is 46.9 Å². The zero-order chi connectivity index (χ0) is 18.2. The molecule has 0 saturated heterocycles. The number of hydrazine groups is 1. The number of carbonyl (C=O) groups is 2. The molecule has 0 aromatic heterocycles. The average molecular weight is 407 g/mol. The second kappa shape index (κ2) is 9.08. The highest BCUT2D eigenvalue weighted by Gasteiger charge is 2.15. The van der Waals surface area contributed by atoms with Gasteiger partial charge in [0.2, 0.25) is 0 Å². The van der Waals surface area contributed by atoms with Crippen LogP contribution in [0.4, 0.5) is 0 Å². The third kappa shape index (κ3) is 5.22. The summed E-state index contributed by atoms with van der Waals surface area (Å²) in [6.07, 6.45) is 0.825. The third-order valence-corrected chi connectivity index (χ3v) is 3.78. The van der Waals surface area contributed by atoms with Crippen LogP contribution in [0, 0.1) is 0 Å². The van der Waals surface area contributed by atoms with Crippen LogP contribution in [0.5, 0.6) is 11.5 Å². The van der Waals surface area contributed by atoms with Gasteiger partial charge in [0, 0.05) is 10.0 Å². The fraction of sp³-hybridized carbons (Fsp3) is 0.222. The van der Waals surface area contributed by atoms with E-state index in [1.807, 2.05) is 6.92 Å². The summed E-state index contributed by atoms with van der Waals surface area (Å²) in [5.41, 5.74) is 5.52. The van der Waals surface area contributed by atoms with E-state index in [4.69, 9.17) is 9.47 Å². The molecular formula is C18H19BrN2O4. The summed E-state index contributed by atoms with van der Waals surface area (Å²) in [5, 5.41) is 0. The van der Waals surface area contributed by atoms with Crippen molar-refractivity contribution in [3.05, 3.63) is 58.1 Å². The van der Waals surface area contributed by atoms with E-state index in [-0.39, 0.29) is 0 Å². The molecule has 132 valence electrons. The Morgan fingerprint density at radius 2 is 1.72 bits per heavy atom. The van der Waals surface area contributed by atoms with Gasteiger partial charge in [0.1, 0.15) is 11.5 Å². The number of halogens is 1. The summed E-state index contributed by atoms with van der Waals surface area (Å²) in [7, 11) is 1.55. The minimum Gasteiger partial charge on any atom is -0.497 e. The molecule has 25 heavy (non-hydrogen) atoms. The molecule has 0 aliphatic carbocycles. The van der Waals surface area contributed by atoms with Gasteiger partial charge in [-0.25, -0.2) is 0 Å². The molecule has 2 rings (SSSR count). The summed E-state index contributed by atoms with van der Waals surface area (Å²) < 4.78 is 11.4. The lowest BCUT2D eigenvalue weighted by Crippen LogP contribution is -2.41. The summed E-state index contributed by atoms with van der Waals surface area (Å²) in [6, 6.07) is 11.7. The summed E-state index contributed by atoms with van der Waals surface area (Å²) in [6.45, 7) is 2.48. The van der Waals surface area contributed by atoms with Crippen molar-refractivity contribution in [1.29, 1.82) is 0 Å². The van der Waals surface area contributed by atoms with Gasteiger partial charge in [0.25, 0.3) is 11.8 Å². The van der Waals surface area contributed by atoms with Gasteiger partial charge in [-0.05, 0) is 48.9 Å². The molecule has 0 radical (unpaired) electrons. The summed E-state index contributed by atoms with van der Waals surface area (Å²) >= 11 is 3.33. The number of hydrogen-bond acceptors (Lipinski definition) is 4. The van der Waals surface area contributed by atoms with Gasteiger partial charge in [0.15, 0.2) is 0 Å². The largest absolute Gasteiger partial charge is 0.497 e. The molecule has 7 heteroatoms. The Morgan fingerprint density at radius 3 is 2.36 bits per heavy atom. The van der Waals surface area contributed by atoms with Crippen LogP contribution in [0.1, 0.15) is 34.1 Å². The van der Waals surface area contributed by atoms with Crippen LogP contribution in [0.3, 0.4) is 0 Å². The van der Waals surface area contributed by atoms with Gasteiger partial charge >= 0.3 is 0 Å². The number of methoxy groups -OCH3 is 1. The van der Waals surface area contributed by atoms with Crippen molar-refractivity contribution in [1.82, 2.24) is 10.9 Å². The first kappa shape index (κ1) is 18.8. The van der Waals surface area contributed by atoms with E-state index in [0.717, 1.165) is 10.9 Å². The van der Waals surface area contributed by atoms with E-state index in [2.05, 4.69) is 26.8 Å². The smallest absolute Gasteiger partial charge is 0.273 e.